The molecule has 152 valence electrons. The molecule has 2 aliphatic rings. The molecule has 0 atom stereocenters. The standard InChI is InChI=1S/C19H24N6O.2ClH/c26-18(6-5-16-12-17-13-20-7-2-10-25(17)24-16)23-15-4-1-3-14(11-15)19-21-8-9-22-19;;/h1,3-4,11-12,20H,2,5-10,13H2,(H,21,22)(H,23,26);2*1H. The van der Waals surface area contributed by atoms with Gasteiger partial charge in [0.1, 0.15) is 5.84 Å². The minimum atomic E-state index is 0. The molecule has 0 saturated carbocycles. The predicted octanol–water partition coefficient (Wildman–Crippen LogP) is 2.14. The minimum Gasteiger partial charge on any atom is -0.368 e. The lowest BCUT2D eigenvalue weighted by Crippen LogP contribution is -2.20. The number of nitrogens with one attached hydrogen (secondary N) is 3. The predicted molar refractivity (Wildman–Crippen MR) is 116 cm³/mol. The number of aliphatic imine (C=N–C) groups is 1. The number of carbonyl (C=O) groups excluding carboxylic acids is 1. The number of hydrogen-bond donors (Lipinski definition) is 3. The fraction of sp³-hybridized carbons (Fsp3) is 0.421. The highest BCUT2D eigenvalue weighted by atomic mass is 35.5. The number of anilines is 1. The normalized spacial score (nSPS) is 15.2. The molecule has 2 aromatic rings. The van der Waals surface area contributed by atoms with Crippen molar-refractivity contribution in [1.82, 2.24) is 20.4 Å². The molecule has 0 spiro atoms. The molecule has 4 rings (SSSR count). The Labute approximate surface area is 177 Å². The van der Waals surface area contributed by atoms with E-state index in [2.05, 4.69) is 36.8 Å². The van der Waals surface area contributed by atoms with E-state index < -0.39 is 0 Å². The van der Waals surface area contributed by atoms with Gasteiger partial charge in [-0.3, -0.25) is 14.5 Å². The van der Waals surface area contributed by atoms with E-state index >= 15 is 0 Å². The summed E-state index contributed by atoms with van der Waals surface area (Å²) in [4.78, 5) is 16.7. The average molecular weight is 425 g/mol. The minimum absolute atomic E-state index is 0. The van der Waals surface area contributed by atoms with Crippen molar-refractivity contribution in [2.24, 2.45) is 4.99 Å². The molecular weight excluding hydrogens is 399 g/mol. The third-order valence-corrected chi connectivity index (χ3v) is 4.65. The highest BCUT2D eigenvalue weighted by Crippen LogP contribution is 2.14. The summed E-state index contributed by atoms with van der Waals surface area (Å²) in [6.07, 6.45) is 2.16. The van der Waals surface area contributed by atoms with Crippen molar-refractivity contribution in [2.45, 2.75) is 32.4 Å². The van der Waals surface area contributed by atoms with Gasteiger partial charge in [-0.25, -0.2) is 0 Å². The molecule has 0 radical (unpaired) electrons. The van der Waals surface area contributed by atoms with Crippen LogP contribution >= 0.6 is 24.8 Å². The number of halogens is 2. The molecule has 0 aliphatic carbocycles. The van der Waals surface area contributed by atoms with Gasteiger partial charge in [-0.1, -0.05) is 12.1 Å². The topological polar surface area (TPSA) is 83.3 Å². The molecule has 3 N–H and O–H groups in total. The van der Waals surface area contributed by atoms with Crippen LogP contribution < -0.4 is 16.0 Å². The van der Waals surface area contributed by atoms with E-state index in [-0.39, 0.29) is 30.7 Å². The van der Waals surface area contributed by atoms with Gasteiger partial charge in [0.2, 0.25) is 5.91 Å². The summed E-state index contributed by atoms with van der Waals surface area (Å²) in [6, 6.07) is 9.91. The zero-order chi connectivity index (χ0) is 17.8. The van der Waals surface area contributed by atoms with E-state index in [4.69, 9.17) is 0 Å². The van der Waals surface area contributed by atoms with Gasteiger partial charge in [-0.05, 0) is 31.2 Å². The van der Waals surface area contributed by atoms with Crippen LogP contribution in [0.4, 0.5) is 5.69 Å². The van der Waals surface area contributed by atoms with E-state index in [9.17, 15) is 4.79 Å². The highest BCUT2D eigenvalue weighted by molar-refractivity contribution is 6.01. The Bertz CT molecular complexity index is 812. The van der Waals surface area contributed by atoms with Crippen LogP contribution in [0.2, 0.25) is 0 Å². The van der Waals surface area contributed by atoms with Gasteiger partial charge < -0.3 is 16.0 Å². The highest BCUT2D eigenvalue weighted by Gasteiger charge is 2.13. The average Bonchev–Trinajstić information content (AvgIpc) is 3.26. The summed E-state index contributed by atoms with van der Waals surface area (Å²) in [6.45, 7) is 4.50. The third kappa shape index (κ3) is 5.47. The quantitative estimate of drug-likeness (QED) is 0.686. The van der Waals surface area contributed by atoms with Crippen LogP contribution in [0.5, 0.6) is 0 Å². The van der Waals surface area contributed by atoms with Crippen LogP contribution in [0.25, 0.3) is 0 Å². The molecule has 1 amide bonds. The number of nitrogens with zero attached hydrogens (tertiary/aromatic N) is 3. The first-order valence-electron chi connectivity index (χ1n) is 9.23. The van der Waals surface area contributed by atoms with Crippen molar-refractivity contribution in [3.8, 4) is 0 Å². The van der Waals surface area contributed by atoms with Crippen molar-refractivity contribution in [3.63, 3.8) is 0 Å². The Kier molecular flexibility index (Phi) is 8.29. The molecule has 0 saturated heterocycles. The van der Waals surface area contributed by atoms with Gasteiger partial charge in [0, 0.05) is 43.7 Å². The molecule has 0 unspecified atom stereocenters. The number of fused-ring (bicyclic) bond motifs is 1. The Morgan fingerprint density at radius 1 is 1.21 bits per heavy atom. The molecule has 28 heavy (non-hydrogen) atoms. The first-order chi connectivity index (χ1) is 12.8. The summed E-state index contributed by atoms with van der Waals surface area (Å²) in [5, 5.41) is 14.2. The van der Waals surface area contributed by atoms with Gasteiger partial charge in [0.05, 0.1) is 17.9 Å². The lowest BCUT2D eigenvalue weighted by molar-refractivity contribution is -0.116. The summed E-state index contributed by atoms with van der Waals surface area (Å²) < 4.78 is 2.06. The zero-order valence-corrected chi connectivity index (χ0v) is 17.2. The fourth-order valence-electron chi connectivity index (χ4n) is 3.34. The second kappa shape index (κ2) is 10.5. The van der Waals surface area contributed by atoms with Crippen molar-refractivity contribution < 1.29 is 4.79 Å². The fourth-order valence-corrected chi connectivity index (χ4v) is 3.34. The maximum atomic E-state index is 12.3. The molecular formula is C19H26Cl2N6O. The van der Waals surface area contributed by atoms with Gasteiger partial charge in [-0.15, -0.1) is 24.8 Å². The summed E-state index contributed by atoms with van der Waals surface area (Å²) in [7, 11) is 0. The van der Waals surface area contributed by atoms with Gasteiger partial charge in [-0.2, -0.15) is 5.10 Å². The van der Waals surface area contributed by atoms with Crippen molar-refractivity contribution in [1.29, 1.82) is 0 Å². The van der Waals surface area contributed by atoms with Gasteiger partial charge in [0.25, 0.3) is 0 Å². The van der Waals surface area contributed by atoms with Crippen LogP contribution in [0.3, 0.4) is 0 Å². The summed E-state index contributed by atoms with van der Waals surface area (Å²) in [5.41, 5.74) is 3.99. The number of rotatable bonds is 5. The summed E-state index contributed by atoms with van der Waals surface area (Å²) in [5.74, 6) is 0.902. The van der Waals surface area contributed by atoms with Crippen LogP contribution in [0.15, 0.2) is 35.3 Å². The zero-order valence-electron chi connectivity index (χ0n) is 15.6. The third-order valence-electron chi connectivity index (χ3n) is 4.65. The van der Waals surface area contributed by atoms with E-state index in [0.717, 1.165) is 61.9 Å². The lowest BCUT2D eigenvalue weighted by Gasteiger charge is -2.07. The van der Waals surface area contributed by atoms with Crippen molar-refractivity contribution >= 4 is 42.2 Å². The lowest BCUT2D eigenvalue weighted by atomic mass is 10.1. The van der Waals surface area contributed by atoms with Crippen LogP contribution in [0.1, 0.15) is 29.8 Å². The first kappa shape index (κ1) is 22.2. The monoisotopic (exact) mass is 424 g/mol. The number of benzene rings is 1. The number of aryl methyl sites for hydroxylation is 2. The Hall–Kier alpha value is -2.09. The maximum absolute atomic E-state index is 12.3. The molecule has 0 bridgehead atoms. The van der Waals surface area contributed by atoms with Crippen LogP contribution in [-0.2, 0) is 24.3 Å². The Balaban J connectivity index is 0.00000140. The van der Waals surface area contributed by atoms with E-state index in [1.54, 1.807) is 0 Å². The smallest absolute Gasteiger partial charge is 0.224 e. The van der Waals surface area contributed by atoms with E-state index in [0.29, 0.717) is 12.8 Å². The molecule has 2 aliphatic heterocycles. The molecule has 9 heteroatoms. The largest absolute Gasteiger partial charge is 0.368 e. The van der Waals surface area contributed by atoms with Crippen molar-refractivity contribution in [3.05, 3.63) is 47.3 Å². The number of amides is 1. The van der Waals surface area contributed by atoms with Crippen LogP contribution in [0, 0.1) is 0 Å². The van der Waals surface area contributed by atoms with Gasteiger partial charge >= 0.3 is 0 Å². The number of carbonyl (C=O) groups is 1. The van der Waals surface area contributed by atoms with Gasteiger partial charge in [0.15, 0.2) is 0 Å². The molecule has 7 nitrogen and oxygen atoms in total. The number of aromatic nitrogens is 2. The SMILES string of the molecule is Cl.Cl.O=C(CCc1cc2n(n1)CCCNC2)Nc1cccc(C2=NCCN2)c1. The molecule has 1 aromatic heterocycles. The van der Waals surface area contributed by atoms with Crippen LogP contribution in [-0.4, -0.2) is 41.2 Å². The second-order valence-corrected chi connectivity index (χ2v) is 6.67. The Morgan fingerprint density at radius 2 is 2.11 bits per heavy atom. The van der Waals surface area contributed by atoms with E-state index in [1.807, 2.05) is 24.3 Å². The summed E-state index contributed by atoms with van der Waals surface area (Å²) >= 11 is 0. The Morgan fingerprint density at radius 3 is 2.93 bits per heavy atom. The number of hydrogen-bond acceptors (Lipinski definition) is 5. The van der Waals surface area contributed by atoms with E-state index in [1.165, 1.54) is 5.69 Å². The maximum Gasteiger partial charge on any atom is 0.224 e. The molecule has 3 heterocycles. The second-order valence-electron chi connectivity index (χ2n) is 6.67. The first-order valence-corrected chi connectivity index (χ1v) is 9.23. The number of amidine groups is 1. The molecule has 1 aromatic carbocycles. The van der Waals surface area contributed by atoms with Crippen molar-refractivity contribution in [2.75, 3.05) is 25.0 Å². The molecule has 0 fully saturated rings.